The molecule has 3 aromatic heterocycles. The van der Waals surface area contributed by atoms with Crippen molar-refractivity contribution in [3.63, 3.8) is 0 Å². The number of aromatic nitrogens is 4. The summed E-state index contributed by atoms with van der Waals surface area (Å²) in [4.78, 5) is 42.3. The van der Waals surface area contributed by atoms with Crippen molar-refractivity contribution in [2.24, 2.45) is 5.84 Å². The van der Waals surface area contributed by atoms with Crippen LogP contribution >= 0.6 is 0 Å². The molecule has 290 valence electrons. The normalized spacial score (nSPS) is 11.4. The number of aliphatic hydroxyl groups excluding tert-OH is 2. The molecule has 3 heterocycles. The van der Waals surface area contributed by atoms with Crippen LogP contribution in [-0.2, 0) is 32.0 Å². The second-order valence-electron chi connectivity index (χ2n) is 10.8. The van der Waals surface area contributed by atoms with Crippen LogP contribution in [0.1, 0.15) is 48.9 Å². The van der Waals surface area contributed by atoms with Gasteiger partial charge in [-0.25, -0.2) is 14.0 Å². The maximum Gasteiger partial charge on any atom is 0.379 e. The van der Waals surface area contributed by atoms with Crippen LogP contribution in [0.25, 0.3) is 17.1 Å². The highest BCUT2D eigenvalue weighted by molar-refractivity contribution is 6.39. The lowest BCUT2D eigenvalue weighted by Crippen LogP contribution is -2.23. The maximum atomic E-state index is 13.0. The van der Waals surface area contributed by atoms with Crippen molar-refractivity contribution < 1.29 is 42.9 Å². The van der Waals surface area contributed by atoms with Crippen molar-refractivity contribution in [1.82, 2.24) is 25.2 Å². The minimum absolute atomic E-state index is 0.114. The number of esters is 2. The van der Waals surface area contributed by atoms with E-state index < -0.39 is 17.7 Å². The van der Waals surface area contributed by atoms with E-state index >= 15 is 0 Å². The number of carbonyl (C=O) groups is 3. The van der Waals surface area contributed by atoms with Crippen molar-refractivity contribution in [3.05, 3.63) is 144 Å². The van der Waals surface area contributed by atoms with Crippen molar-refractivity contribution in [2.75, 3.05) is 26.4 Å². The number of allylic oxidation sites excluding steroid dienone is 5. The third-order valence-corrected chi connectivity index (χ3v) is 6.77. The van der Waals surface area contributed by atoms with E-state index in [1.54, 1.807) is 68.1 Å². The number of nitrogens with one attached hydrogen (secondary N) is 1. The van der Waals surface area contributed by atoms with Crippen LogP contribution in [0.5, 0.6) is 0 Å². The van der Waals surface area contributed by atoms with Gasteiger partial charge in [0, 0.05) is 56.7 Å². The molecule has 1 aliphatic rings. The number of hydrogen-bond acceptors (Lipinski definition) is 12. The lowest BCUT2D eigenvalue weighted by atomic mass is 10.1. The molecule has 1 aliphatic carbocycles. The molecule has 0 saturated carbocycles. The van der Waals surface area contributed by atoms with E-state index in [1.165, 1.54) is 36.5 Å². The Morgan fingerprint density at radius 1 is 0.909 bits per heavy atom. The number of ether oxygens (including phenoxy) is 2. The molecule has 0 atom stereocenters. The van der Waals surface area contributed by atoms with E-state index in [4.69, 9.17) is 15.7 Å². The third kappa shape index (κ3) is 17.0. The van der Waals surface area contributed by atoms with Gasteiger partial charge in [0.2, 0.25) is 5.83 Å². The highest BCUT2D eigenvalue weighted by Gasteiger charge is 2.17. The summed E-state index contributed by atoms with van der Waals surface area (Å²) in [7, 11) is 0. The molecule has 5 N–H and O–H groups in total. The summed E-state index contributed by atoms with van der Waals surface area (Å²) in [6.07, 6.45) is 12.6. The molecule has 0 unspecified atom stereocenters. The van der Waals surface area contributed by atoms with Gasteiger partial charge in [-0.15, -0.1) is 4.39 Å². The quantitative estimate of drug-likeness (QED) is 0.0251. The maximum absolute atomic E-state index is 13.0. The van der Waals surface area contributed by atoms with E-state index in [1.807, 2.05) is 18.2 Å². The van der Waals surface area contributed by atoms with Crippen LogP contribution in [-0.4, -0.2) is 74.0 Å². The Morgan fingerprint density at radius 2 is 1.58 bits per heavy atom. The third-order valence-electron chi connectivity index (χ3n) is 6.77. The van der Waals surface area contributed by atoms with Crippen LogP contribution in [0.2, 0.25) is 0 Å². The SMILES string of the molecule is CCO.CCOC(=O)C(=O)C=C(O)c1ccccn1.CCOC(=O)c1cc(-c2ccccn2)n(CCc2ccc(F)cc2)n1.NNCCC1=[C+]C=C(F)C=C1. The number of aliphatic hydroxyl groups is 2. The van der Waals surface area contributed by atoms with Gasteiger partial charge < -0.3 is 19.7 Å². The number of carbonyl (C=O) groups excluding carboxylic acids is 3. The first-order valence-electron chi connectivity index (χ1n) is 17.2. The summed E-state index contributed by atoms with van der Waals surface area (Å²) in [6.45, 7) is 6.90. The van der Waals surface area contributed by atoms with E-state index in [0.717, 1.165) is 35.0 Å². The van der Waals surface area contributed by atoms with Gasteiger partial charge in [0.05, 0.1) is 36.8 Å². The van der Waals surface area contributed by atoms with E-state index in [0.29, 0.717) is 26.1 Å². The first-order chi connectivity index (χ1) is 26.6. The molecular formula is C40H45F2N6O7+. The number of benzene rings is 1. The summed E-state index contributed by atoms with van der Waals surface area (Å²) in [5.41, 5.74) is 6.41. The first kappa shape index (κ1) is 44.9. The number of halogens is 2. The Labute approximate surface area is 318 Å². The van der Waals surface area contributed by atoms with Crippen LogP contribution in [0.15, 0.2) is 115 Å². The number of nitrogens with two attached hydrogens (primary N) is 1. The zero-order chi connectivity index (χ0) is 40.4. The fraction of sp³-hybridized carbons (Fsp3) is 0.250. The Hall–Kier alpha value is -6.25. The lowest BCUT2D eigenvalue weighted by Gasteiger charge is -2.07. The standard InChI is InChI=1S/C19H18FN3O2.C11H11NO4.C8H10FN2.C2H6O/c1-2-25-19(24)17-13-18(16-5-3-4-11-21-16)23(22-17)12-10-14-6-8-15(20)9-7-14;1-2-16-11(15)10(14)7-9(13)8-5-3-4-6-12-8;9-8-3-1-7(2-4-8)5-6-11-10;1-2-3/h3-9,11,13H,2,10,12H2,1H3;3-7,13H,2H2,1H3;1,3-4,11H,5-6,10H2;3H,2H2,1H3/q;;+1;. The molecular weight excluding hydrogens is 714 g/mol. The lowest BCUT2D eigenvalue weighted by molar-refractivity contribution is -0.151. The number of ketones is 1. The zero-order valence-electron chi connectivity index (χ0n) is 30.8. The molecule has 15 heteroatoms. The van der Waals surface area contributed by atoms with Crippen LogP contribution < -0.4 is 11.3 Å². The molecule has 0 bridgehead atoms. The number of rotatable bonds is 13. The zero-order valence-corrected chi connectivity index (χ0v) is 30.8. The molecule has 55 heavy (non-hydrogen) atoms. The first-order valence-corrected chi connectivity index (χ1v) is 17.2. The van der Waals surface area contributed by atoms with Crippen molar-refractivity contribution in [3.8, 4) is 11.4 Å². The van der Waals surface area contributed by atoms with Crippen molar-refractivity contribution in [2.45, 2.75) is 40.2 Å². The highest BCUT2D eigenvalue weighted by atomic mass is 19.1. The monoisotopic (exact) mass is 759 g/mol. The van der Waals surface area contributed by atoms with Crippen molar-refractivity contribution >= 4 is 23.5 Å². The molecule has 0 saturated heterocycles. The Kier molecular flexibility index (Phi) is 21.0. The molecule has 0 amide bonds. The number of hydrogen-bond donors (Lipinski definition) is 4. The van der Waals surface area contributed by atoms with Gasteiger partial charge in [-0.1, -0.05) is 24.3 Å². The van der Waals surface area contributed by atoms with Crippen LogP contribution in [0, 0.1) is 11.9 Å². The highest BCUT2D eigenvalue weighted by Crippen LogP contribution is 2.20. The van der Waals surface area contributed by atoms with Gasteiger partial charge in [-0.3, -0.25) is 30.7 Å². The van der Waals surface area contributed by atoms with E-state index in [-0.39, 0.29) is 42.0 Å². The Morgan fingerprint density at radius 3 is 2.15 bits per heavy atom. The fourth-order valence-corrected chi connectivity index (χ4v) is 4.27. The van der Waals surface area contributed by atoms with Gasteiger partial charge in [-0.2, -0.15) is 5.10 Å². The predicted octanol–water partition coefficient (Wildman–Crippen LogP) is 5.61. The fourth-order valence-electron chi connectivity index (χ4n) is 4.27. The van der Waals surface area contributed by atoms with Gasteiger partial charge in [-0.05, 0) is 69.2 Å². The Bertz CT molecular complexity index is 1900. The molecule has 0 fully saturated rings. The van der Waals surface area contributed by atoms with Gasteiger partial charge in [0.1, 0.15) is 28.9 Å². The minimum atomic E-state index is -0.995. The summed E-state index contributed by atoms with van der Waals surface area (Å²) in [5.74, 6) is 1.82. The second-order valence-corrected chi connectivity index (χ2v) is 10.8. The number of nitrogens with zero attached hydrogens (tertiary/aromatic N) is 4. The minimum Gasteiger partial charge on any atom is -0.506 e. The topological polar surface area (TPSA) is 192 Å². The van der Waals surface area contributed by atoms with Gasteiger partial charge in [0.25, 0.3) is 5.78 Å². The van der Waals surface area contributed by atoms with Crippen LogP contribution in [0.4, 0.5) is 8.78 Å². The molecule has 4 aromatic rings. The number of pyridine rings is 2. The molecule has 13 nitrogen and oxygen atoms in total. The average molecular weight is 760 g/mol. The molecule has 0 radical (unpaired) electrons. The largest absolute Gasteiger partial charge is 0.506 e. The van der Waals surface area contributed by atoms with Gasteiger partial charge >= 0.3 is 11.9 Å². The molecule has 1 aromatic carbocycles. The number of aryl methyl sites for hydroxylation is 2. The van der Waals surface area contributed by atoms with Crippen molar-refractivity contribution in [1.29, 1.82) is 0 Å². The molecule has 0 aliphatic heterocycles. The summed E-state index contributed by atoms with van der Waals surface area (Å²) < 4.78 is 36.6. The molecule has 0 spiro atoms. The second kappa shape index (κ2) is 25.7. The molecule has 5 rings (SSSR count). The predicted molar refractivity (Wildman–Crippen MR) is 203 cm³/mol. The van der Waals surface area contributed by atoms with Crippen LogP contribution in [0.3, 0.4) is 0 Å². The summed E-state index contributed by atoms with van der Waals surface area (Å²) in [5, 5.41) is 21.4. The smallest absolute Gasteiger partial charge is 0.379 e. The average Bonchev–Trinajstić information content (AvgIpc) is 3.64. The summed E-state index contributed by atoms with van der Waals surface area (Å²) in [6, 6.07) is 18.4. The van der Waals surface area contributed by atoms with E-state index in [9.17, 15) is 28.3 Å². The Balaban J connectivity index is 0.000000298. The number of hydrazine groups is 1. The van der Waals surface area contributed by atoms with Gasteiger partial charge in [0.15, 0.2) is 5.69 Å². The van der Waals surface area contributed by atoms with E-state index in [2.05, 4.69) is 31.3 Å². The summed E-state index contributed by atoms with van der Waals surface area (Å²) >= 11 is 0.